The van der Waals surface area contributed by atoms with Gasteiger partial charge >= 0.3 is 6.18 Å². The predicted molar refractivity (Wildman–Crippen MR) is 89.3 cm³/mol. The minimum absolute atomic E-state index is 0.0553. The number of nitrogens with one attached hydrogen (secondary N) is 3. The van der Waals surface area contributed by atoms with E-state index in [1.54, 1.807) is 18.2 Å². The molecular weight excluding hydrogens is 351 g/mol. The Bertz CT molecular complexity index is 796. The van der Waals surface area contributed by atoms with Gasteiger partial charge in [0.25, 0.3) is 0 Å². The van der Waals surface area contributed by atoms with Crippen molar-refractivity contribution >= 4 is 29.6 Å². The molecule has 0 bridgehead atoms. The van der Waals surface area contributed by atoms with E-state index in [1.807, 2.05) is 0 Å². The van der Waals surface area contributed by atoms with Crippen LogP contribution in [0.4, 0.5) is 30.6 Å². The van der Waals surface area contributed by atoms with Crippen LogP contribution in [0.5, 0.6) is 0 Å². The summed E-state index contributed by atoms with van der Waals surface area (Å²) in [5.41, 5.74) is -0.165. The lowest BCUT2D eigenvalue weighted by Crippen LogP contribution is -2.27. The molecule has 1 amide bonds. The van der Waals surface area contributed by atoms with Crippen LogP contribution in [-0.2, 0) is 11.0 Å². The normalized spacial score (nSPS) is 10.9. The zero-order valence-electron chi connectivity index (χ0n) is 13.7. The minimum atomic E-state index is -4.63. The summed E-state index contributed by atoms with van der Waals surface area (Å²) in [4.78, 5) is 29.1. The van der Waals surface area contributed by atoms with Gasteiger partial charge in [0.15, 0.2) is 0 Å². The first-order valence-corrected chi connectivity index (χ1v) is 7.54. The molecule has 0 spiro atoms. The van der Waals surface area contributed by atoms with Crippen LogP contribution in [0.15, 0.2) is 30.5 Å². The van der Waals surface area contributed by atoms with Crippen molar-refractivity contribution in [2.75, 3.05) is 23.7 Å². The molecule has 138 valence electrons. The summed E-state index contributed by atoms with van der Waals surface area (Å²) < 4.78 is 39.3. The van der Waals surface area contributed by atoms with Gasteiger partial charge in [0, 0.05) is 37.5 Å². The van der Waals surface area contributed by atoms with Crippen LogP contribution in [-0.4, -0.2) is 35.3 Å². The van der Waals surface area contributed by atoms with E-state index in [0.717, 1.165) is 0 Å². The third kappa shape index (κ3) is 5.43. The van der Waals surface area contributed by atoms with Crippen LogP contribution in [0.1, 0.15) is 22.8 Å². The fourth-order valence-corrected chi connectivity index (χ4v) is 2.02. The molecular formula is C16H16F3N5O2. The number of hydrogen-bond acceptors (Lipinski definition) is 6. The molecule has 0 saturated carbocycles. The number of aldehydes is 1. The fourth-order valence-electron chi connectivity index (χ4n) is 2.02. The Balaban J connectivity index is 2.21. The lowest BCUT2D eigenvalue weighted by Gasteiger charge is -2.15. The Morgan fingerprint density at radius 3 is 2.69 bits per heavy atom. The second-order valence-corrected chi connectivity index (χ2v) is 5.23. The Morgan fingerprint density at radius 1 is 1.27 bits per heavy atom. The van der Waals surface area contributed by atoms with Crippen molar-refractivity contribution in [2.24, 2.45) is 0 Å². The minimum Gasteiger partial charge on any atom is -0.368 e. The maximum atomic E-state index is 13.1. The van der Waals surface area contributed by atoms with Gasteiger partial charge in [0.05, 0.1) is 0 Å². The lowest BCUT2D eigenvalue weighted by molar-refractivity contribution is -0.137. The van der Waals surface area contributed by atoms with Crippen molar-refractivity contribution in [3.8, 4) is 0 Å². The Hall–Kier alpha value is -3.17. The predicted octanol–water partition coefficient (Wildman–Crippen LogP) is 2.60. The van der Waals surface area contributed by atoms with Gasteiger partial charge in [-0.3, -0.25) is 9.59 Å². The van der Waals surface area contributed by atoms with Gasteiger partial charge in [0.1, 0.15) is 17.7 Å². The van der Waals surface area contributed by atoms with Crippen molar-refractivity contribution in [3.63, 3.8) is 0 Å². The van der Waals surface area contributed by atoms with E-state index in [9.17, 15) is 22.8 Å². The summed E-state index contributed by atoms with van der Waals surface area (Å²) >= 11 is 0. The monoisotopic (exact) mass is 367 g/mol. The van der Waals surface area contributed by atoms with Gasteiger partial charge in [-0.05, 0) is 12.1 Å². The van der Waals surface area contributed by atoms with Gasteiger partial charge in [-0.15, -0.1) is 0 Å². The topological polar surface area (TPSA) is 96.0 Å². The molecule has 0 unspecified atom stereocenters. The van der Waals surface area contributed by atoms with E-state index < -0.39 is 17.6 Å². The summed E-state index contributed by atoms with van der Waals surface area (Å²) in [7, 11) is 0. The number of carbonyl (C=O) groups is 2. The lowest BCUT2D eigenvalue weighted by atomic mass is 10.2. The number of amides is 1. The van der Waals surface area contributed by atoms with Gasteiger partial charge in [-0.2, -0.15) is 18.2 Å². The van der Waals surface area contributed by atoms with Crippen molar-refractivity contribution in [1.29, 1.82) is 0 Å². The Kier molecular flexibility index (Phi) is 6.10. The number of aromatic nitrogens is 2. The standard InChI is InChI=1S/C16H16F3N5O2/c1-10(26)20-5-6-21-14-13(16(17,18)19)8-22-15(24-14)23-12-4-2-3-11(7-12)9-25/h2-4,7-9H,5-6H2,1H3,(H,20,26)(H2,21,22,23,24). The molecule has 26 heavy (non-hydrogen) atoms. The number of benzene rings is 1. The van der Waals surface area contributed by atoms with Crippen LogP contribution in [0, 0.1) is 0 Å². The van der Waals surface area contributed by atoms with E-state index in [1.165, 1.54) is 13.0 Å². The molecule has 0 aliphatic rings. The summed E-state index contributed by atoms with van der Waals surface area (Å²) in [5, 5.41) is 7.76. The van der Waals surface area contributed by atoms with Gasteiger partial charge in [0.2, 0.25) is 11.9 Å². The maximum absolute atomic E-state index is 13.1. The molecule has 0 aliphatic carbocycles. The zero-order valence-corrected chi connectivity index (χ0v) is 13.7. The molecule has 0 aliphatic heterocycles. The molecule has 0 atom stereocenters. The van der Waals surface area contributed by atoms with E-state index >= 15 is 0 Å². The SMILES string of the molecule is CC(=O)NCCNc1nc(Nc2cccc(C=O)c2)ncc1C(F)(F)F. The zero-order chi connectivity index (χ0) is 19.2. The van der Waals surface area contributed by atoms with Crippen LogP contribution in [0.3, 0.4) is 0 Å². The molecule has 3 N–H and O–H groups in total. The van der Waals surface area contributed by atoms with Gasteiger partial charge < -0.3 is 16.0 Å². The van der Waals surface area contributed by atoms with Crippen molar-refractivity contribution < 1.29 is 22.8 Å². The number of hydrogen-bond donors (Lipinski definition) is 3. The molecule has 7 nitrogen and oxygen atoms in total. The van der Waals surface area contributed by atoms with E-state index in [-0.39, 0.29) is 24.9 Å². The second kappa shape index (κ2) is 8.28. The number of alkyl halides is 3. The molecule has 0 saturated heterocycles. The van der Waals surface area contributed by atoms with E-state index in [4.69, 9.17) is 0 Å². The van der Waals surface area contributed by atoms with Gasteiger partial charge in [-0.1, -0.05) is 12.1 Å². The summed E-state index contributed by atoms with van der Waals surface area (Å²) in [6.07, 6.45) is -3.32. The molecule has 10 heteroatoms. The van der Waals surface area contributed by atoms with Gasteiger partial charge in [-0.25, -0.2) is 4.98 Å². The number of rotatable bonds is 7. The molecule has 0 fully saturated rings. The molecule has 1 aromatic heterocycles. The quantitative estimate of drug-likeness (QED) is 0.514. The first-order chi connectivity index (χ1) is 12.3. The third-order valence-corrected chi connectivity index (χ3v) is 3.16. The van der Waals surface area contributed by atoms with E-state index in [2.05, 4.69) is 25.9 Å². The van der Waals surface area contributed by atoms with Crippen LogP contribution in [0.25, 0.3) is 0 Å². The Labute approximate surface area is 147 Å². The van der Waals surface area contributed by atoms with Crippen LogP contribution in [0.2, 0.25) is 0 Å². The maximum Gasteiger partial charge on any atom is 0.421 e. The first-order valence-electron chi connectivity index (χ1n) is 7.54. The molecule has 2 aromatic rings. The molecule has 1 aromatic carbocycles. The highest BCUT2D eigenvalue weighted by Gasteiger charge is 2.35. The molecule has 0 radical (unpaired) electrons. The van der Waals surface area contributed by atoms with E-state index in [0.29, 0.717) is 23.7 Å². The highest BCUT2D eigenvalue weighted by atomic mass is 19.4. The molecule has 1 heterocycles. The number of carbonyl (C=O) groups excluding carboxylic acids is 2. The highest BCUT2D eigenvalue weighted by molar-refractivity contribution is 5.77. The largest absolute Gasteiger partial charge is 0.421 e. The molecule has 2 rings (SSSR count). The number of halogens is 3. The van der Waals surface area contributed by atoms with Crippen LogP contribution >= 0.6 is 0 Å². The number of nitrogens with zero attached hydrogens (tertiary/aromatic N) is 2. The smallest absolute Gasteiger partial charge is 0.368 e. The van der Waals surface area contributed by atoms with Crippen LogP contribution < -0.4 is 16.0 Å². The third-order valence-electron chi connectivity index (χ3n) is 3.16. The van der Waals surface area contributed by atoms with Crippen molar-refractivity contribution in [1.82, 2.24) is 15.3 Å². The fraction of sp³-hybridized carbons (Fsp3) is 0.250. The first kappa shape index (κ1) is 19.2. The van der Waals surface area contributed by atoms with Crippen molar-refractivity contribution in [3.05, 3.63) is 41.6 Å². The van der Waals surface area contributed by atoms with Crippen molar-refractivity contribution in [2.45, 2.75) is 13.1 Å². The number of anilines is 3. The summed E-state index contributed by atoms with van der Waals surface area (Å²) in [6, 6.07) is 6.33. The average Bonchev–Trinajstić information content (AvgIpc) is 2.58. The average molecular weight is 367 g/mol. The summed E-state index contributed by atoms with van der Waals surface area (Å²) in [6.45, 7) is 1.50. The highest BCUT2D eigenvalue weighted by Crippen LogP contribution is 2.34. The second-order valence-electron chi connectivity index (χ2n) is 5.23. The summed E-state index contributed by atoms with van der Waals surface area (Å²) in [5.74, 6) is -0.766. The Morgan fingerprint density at radius 2 is 2.04 bits per heavy atom.